The van der Waals surface area contributed by atoms with Crippen LogP contribution in [-0.2, 0) is 4.74 Å². The normalized spacial score (nSPS) is 9.80. The van der Waals surface area contributed by atoms with Crippen LogP contribution in [0.25, 0.3) is 0 Å². The van der Waals surface area contributed by atoms with E-state index in [0.29, 0.717) is 6.61 Å². The topological polar surface area (TPSA) is 9.23 Å². The molecule has 10 heavy (non-hydrogen) atoms. The van der Waals surface area contributed by atoms with Crippen LogP contribution in [0.3, 0.4) is 0 Å². The van der Waals surface area contributed by atoms with E-state index in [4.69, 9.17) is 16.3 Å². The Morgan fingerprint density at radius 2 is 2.20 bits per heavy atom. The van der Waals surface area contributed by atoms with Crippen LogP contribution < -0.4 is 0 Å². The maximum atomic E-state index is 5.47. The van der Waals surface area contributed by atoms with Gasteiger partial charge in [-0.15, -0.1) is 11.6 Å². The Bertz CT molecular complexity index is 91.3. The number of rotatable bonds is 6. The summed E-state index contributed by atoms with van der Waals surface area (Å²) in [5.41, 5.74) is 1.07. The molecule has 0 radical (unpaired) electrons. The monoisotopic (exact) mass is 162 g/mol. The Balaban J connectivity index is 2.84. The van der Waals surface area contributed by atoms with Crippen LogP contribution in [0.4, 0.5) is 0 Å². The van der Waals surface area contributed by atoms with Crippen molar-refractivity contribution < 1.29 is 4.74 Å². The molecule has 0 heterocycles. The molecular weight excluding hydrogens is 148 g/mol. The number of ether oxygens (including phenoxy) is 1. The summed E-state index contributed by atoms with van der Waals surface area (Å²) < 4.78 is 5.24. The molecule has 0 atom stereocenters. The molecule has 0 aromatic heterocycles. The van der Waals surface area contributed by atoms with E-state index in [2.05, 4.69) is 6.58 Å². The summed E-state index contributed by atoms with van der Waals surface area (Å²) in [6.07, 6.45) is 2.09. The van der Waals surface area contributed by atoms with E-state index < -0.39 is 0 Å². The van der Waals surface area contributed by atoms with Gasteiger partial charge in [0.15, 0.2) is 0 Å². The molecule has 0 spiro atoms. The molecule has 0 aromatic carbocycles. The van der Waals surface area contributed by atoms with E-state index in [1.54, 1.807) is 0 Å². The average Bonchev–Trinajstić information content (AvgIpc) is 1.87. The van der Waals surface area contributed by atoms with Gasteiger partial charge in [-0.1, -0.05) is 12.2 Å². The van der Waals surface area contributed by atoms with Gasteiger partial charge in [0, 0.05) is 12.5 Å². The standard InChI is InChI=1S/C8H15ClO/c1-8(2)7-10-6-4-3-5-9/h1,3-7H2,2H3. The second-order valence-corrected chi connectivity index (χ2v) is 2.78. The van der Waals surface area contributed by atoms with Crippen LogP contribution in [0, 0.1) is 0 Å². The van der Waals surface area contributed by atoms with Gasteiger partial charge in [0.1, 0.15) is 0 Å². The van der Waals surface area contributed by atoms with E-state index in [9.17, 15) is 0 Å². The number of alkyl halides is 1. The lowest BCUT2D eigenvalue weighted by molar-refractivity contribution is 0.153. The zero-order valence-electron chi connectivity index (χ0n) is 6.53. The number of halogens is 1. The molecule has 0 aromatic rings. The molecule has 0 rings (SSSR count). The van der Waals surface area contributed by atoms with E-state index >= 15 is 0 Å². The second kappa shape index (κ2) is 7.10. The first-order chi connectivity index (χ1) is 4.77. The number of hydrogen-bond acceptors (Lipinski definition) is 1. The third-order valence-corrected chi connectivity index (χ3v) is 1.29. The Morgan fingerprint density at radius 3 is 2.70 bits per heavy atom. The highest BCUT2D eigenvalue weighted by Crippen LogP contribution is 1.94. The lowest BCUT2D eigenvalue weighted by Gasteiger charge is -2.01. The van der Waals surface area contributed by atoms with Crippen molar-refractivity contribution in [3.05, 3.63) is 12.2 Å². The molecule has 0 saturated heterocycles. The second-order valence-electron chi connectivity index (χ2n) is 2.41. The lowest BCUT2D eigenvalue weighted by atomic mass is 10.3. The molecule has 0 unspecified atom stereocenters. The van der Waals surface area contributed by atoms with Crippen molar-refractivity contribution in [2.45, 2.75) is 19.8 Å². The van der Waals surface area contributed by atoms with E-state index in [0.717, 1.165) is 30.9 Å². The van der Waals surface area contributed by atoms with Crippen molar-refractivity contribution in [1.29, 1.82) is 0 Å². The van der Waals surface area contributed by atoms with Crippen molar-refractivity contribution in [3.8, 4) is 0 Å². The highest BCUT2D eigenvalue weighted by atomic mass is 35.5. The molecule has 1 nitrogen and oxygen atoms in total. The first-order valence-corrected chi connectivity index (χ1v) is 4.09. The van der Waals surface area contributed by atoms with Gasteiger partial charge in [-0.3, -0.25) is 0 Å². The van der Waals surface area contributed by atoms with Gasteiger partial charge in [-0.05, 0) is 19.8 Å². The maximum Gasteiger partial charge on any atom is 0.0671 e. The molecule has 0 bridgehead atoms. The van der Waals surface area contributed by atoms with Gasteiger partial charge in [0.25, 0.3) is 0 Å². The number of unbranched alkanes of at least 4 members (excludes halogenated alkanes) is 1. The summed E-state index contributed by atoms with van der Waals surface area (Å²) in [5.74, 6) is 0.733. The summed E-state index contributed by atoms with van der Waals surface area (Å²) in [6.45, 7) is 7.17. The zero-order chi connectivity index (χ0) is 7.82. The van der Waals surface area contributed by atoms with Gasteiger partial charge in [-0.2, -0.15) is 0 Å². The smallest absolute Gasteiger partial charge is 0.0671 e. The third kappa shape index (κ3) is 7.99. The molecule has 0 fully saturated rings. The number of hydrogen-bond donors (Lipinski definition) is 0. The summed E-state index contributed by atoms with van der Waals surface area (Å²) in [7, 11) is 0. The van der Waals surface area contributed by atoms with Gasteiger partial charge in [-0.25, -0.2) is 0 Å². The minimum atomic E-state index is 0.683. The zero-order valence-corrected chi connectivity index (χ0v) is 7.28. The van der Waals surface area contributed by atoms with E-state index in [1.807, 2.05) is 6.92 Å². The largest absolute Gasteiger partial charge is 0.377 e. The Kier molecular flexibility index (Phi) is 7.09. The van der Waals surface area contributed by atoms with E-state index in [1.165, 1.54) is 0 Å². The quantitative estimate of drug-likeness (QED) is 0.332. The van der Waals surface area contributed by atoms with Gasteiger partial charge in [0.05, 0.1) is 6.61 Å². The molecule has 0 saturated carbocycles. The molecule has 0 aliphatic heterocycles. The minimum absolute atomic E-state index is 0.683. The summed E-state index contributed by atoms with van der Waals surface area (Å²) >= 11 is 5.47. The summed E-state index contributed by atoms with van der Waals surface area (Å²) in [5, 5.41) is 0. The van der Waals surface area contributed by atoms with Gasteiger partial charge >= 0.3 is 0 Å². The van der Waals surface area contributed by atoms with Crippen molar-refractivity contribution in [1.82, 2.24) is 0 Å². The van der Waals surface area contributed by atoms with E-state index in [-0.39, 0.29) is 0 Å². The lowest BCUT2D eigenvalue weighted by Crippen LogP contribution is -1.97. The van der Waals surface area contributed by atoms with Crippen molar-refractivity contribution >= 4 is 11.6 Å². The molecule has 0 amide bonds. The van der Waals surface area contributed by atoms with Crippen LogP contribution in [0.1, 0.15) is 19.8 Å². The van der Waals surface area contributed by atoms with Gasteiger partial charge in [0.2, 0.25) is 0 Å². The predicted octanol–water partition coefficient (Wildman–Crippen LogP) is 2.60. The first-order valence-electron chi connectivity index (χ1n) is 3.55. The summed E-state index contributed by atoms with van der Waals surface area (Å²) in [4.78, 5) is 0. The minimum Gasteiger partial charge on any atom is -0.377 e. The maximum absolute atomic E-state index is 5.47. The predicted molar refractivity (Wildman–Crippen MR) is 45.6 cm³/mol. The van der Waals surface area contributed by atoms with Crippen molar-refractivity contribution in [2.75, 3.05) is 19.1 Å². The Labute approximate surface area is 68.0 Å². The molecular formula is C8H15ClO. The van der Waals surface area contributed by atoms with Gasteiger partial charge < -0.3 is 4.74 Å². The fourth-order valence-corrected chi connectivity index (χ4v) is 0.734. The average molecular weight is 163 g/mol. The fraction of sp³-hybridized carbons (Fsp3) is 0.750. The van der Waals surface area contributed by atoms with Crippen LogP contribution in [0.2, 0.25) is 0 Å². The Morgan fingerprint density at radius 1 is 1.50 bits per heavy atom. The molecule has 2 heteroatoms. The highest BCUT2D eigenvalue weighted by molar-refractivity contribution is 6.17. The fourth-order valence-electron chi connectivity index (χ4n) is 0.545. The molecule has 0 N–H and O–H groups in total. The van der Waals surface area contributed by atoms with Crippen LogP contribution in [0.5, 0.6) is 0 Å². The molecule has 0 aliphatic rings. The molecule has 0 aliphatic carbocycles. The van der Waals surface area contributed by atoms with Crippen molar-refractivity contribution in [2.24, 2.45) is 0 Å². The van der Waals surface area contributed by atoms with Crippen LogP contribution >= 0.6 is 11.6 Å². The van der Waals surface area contributed by atoms with Crippen LogP contribution in [0.15, 0.2) is 12.2 Å². The Hall–Kier alpha value is -0.0100. The summed E-state index contributed by atoms with van der Waals surface area (Å²) in [6, 6.07) is 0. The highest BCUT2D eigenvalue weighted by Gasteiger charge is 1.87. The third-order valence-electron chi connectivity index (χ3n) is 1.02. The van der Waals surface area contributed by atoms with Crippen LogP contribution in [-0.4, -0.2) is 19.1 Å². The SMILES string of the molecule is C=C(C)COCCCCCl. The first kappa shape index (κ1) is 9.99. The van der Waals surface area contributed by atoms with Crippen molar-refractivity contribution in [3.63, 3.8) is 0 Å². The molecule has 60 valence electrons.